The van der Waals surface area contributed by atoms with Gasteiger partial charge in [0.1, 0.15) is 11.6 Å². The Morgan fingerprint density at radius 1 is 1.13 bits per heavy atom. The van der Waals surface area contributed by atoms with Crippen molar-refractivity contribution in [2.45, 2.75) is 51.0 Å². The molecular formula is C28H32FN7O3. The van der Waals surface area contributed by atoms with Gasteiger partial charge in [-0.3, -0.25) is 9.48 Å². The van der Waals surface area contributed by atoms with Gasteiger partial charge in [0.2, 0.25) is 0 Å². The molecule has 1 saturated heterocycles. The Labute approximate surface area is 225 Å². The van der Waals surface area contributed by atoms with Crippen LogP contribution < -0.4 is 20.3 Å². The van der Waals surface area contributed by atoms with Crippen molar-refractivity contribution in [3.8, 4) is 6.01 Å². The number of rotatable bonds is 6. The molecule has 1 aliphatic heterocycles. The normalized spacial score (nSPS) is 23.2. The van der Waals surface area contributed by atoms with Crippen LogP contribution in [0.1, 0.15) is 37.0 Å². The monoisotopic (exact) mass is 533 g/mol. The lowest BCUT2D eigenvalue weighted by molar-refractivity contribution is -0.0412. The van der Waals surface area contributed by atoms with E-state index in [0.717, 1.165) is 37.0 Å². The van der Waals surface area contributed by atoms with E-state index < -0.39 is 11.7 Å². The fraction of sp³-hybridized carbons (Fsp3) is 0.429. The number of hydrogen-bond acceptors (Lipinski definition) is 8. The second-order valence-corrected chi connectivity index (χ2v) is 10.6. The standard InChI is InChI=1S/C28H32FN7O3/c1-15-12-36(13-16(2)31-15)24-6-5-21(26-22(24)11-30-28(33-26)39-20-9-19(10-20)38-4)27(37)32-18-7-17-14-35(3)34-25(17)23(29)8-18/h5-8,11,14-16,19-20,31H,9-10,12-13H2,1-4H3,(H,32,37)/t15-,16-,19?,20?/m1/s1. The first-order valence-corrected chi connectivity index (χ1v) is 13.2. The number of hydrogen-bond donors (Lipinski definition) is 2. The van der Waals surface area contributed by atoms with E-state index in [9.17, 15) is 9.18 Å². The van der Waals surface area contributed by atoms with Crippen LogP contribution in [0.5, 0.6) is 6.01 Å². The minimum atomic E-state index is -0.501. The largest absolute Gasteiger partial charge is 0.460 e. The van der Waals surface area contributed by atoms with Gasteiger partial charge in [-0.15, -0.1) is 0 Å². The average molecular weight is 534 g/mol. The Hall–Kier alpha value is -3.83. The fourth-order valence-electron chi connectivity index (χ4n) is 5.57. The number of halogens is 1. The van der Waals surface area contributed by atoms with E-state index in [1.54, 1.807) is 43.4 Å². The van der Waals surface area contributed by atoms with Crippen molar-refractivity contribution < 1.29 is 18.7 Å². The number of carbonyl (C=O) groups excluding carboxylic acids is 1. The van der Waals surface area contributed by atoms with Gasteiger partial charge in [-0.25, -0.2) is 9.37 Å². The highest BCUT2D eigenvalue weighted by Gasteiger charge is 2.32. The number of methoxy groups -OCH3 is 1. The predicted octanol–water partition coefficient (Wildman–Crippen LogP) is 3.65. The van der Waals surface area contributed by atoms with Crippen molar-refractivity contribution >= 4 is 39.1 Å². The molecular weight excluding hydrogens is 501 g/mol. The Bertz CT molecular complexity index is 1540. The number of aromatic nitrogens is 4. The summed E-state index contributed by atoms with van der Waals surface area (Å²) in [6.07, 6.45) is 5.12. The summed E-state index contributed by atoms with van der Waals surface area (Å²) in [5, 5.41) is 11.9. The molecule has 204 valence electrons. The van der Waals surface area contributed by atoms with E-state index in [4.69, 9.17) is 14.5 Å². The van der Waals surface area contributed by atoms with Gasteiger partial charge in [-0.1, -0.05) is 0 Å². The zero-order valence-corrected chi connectivity index (χ0v) is 22.4. The van der Waals surface area contributed by atoms with Gasteiger partial charge in [0.25, 0.3) is 5.91 Å². The van der Waals surface area contributed by atoms with E-state index in [1.165, 1.54) is 6.07 Å². The molecule has 0 radical (unpaired) electrons. The van der Waals surface area contributed by atoms with Crippen molar-refractivity contribution in [1.82, 2.24) is 25.1 Å². The molecule has 10 nitrogen and oxygen atoms in total. The summed E-state index contributed by atoms with van der Waals surface area (Å²) in [7, 11) is 3.42. The van der Waals surface area contributed by atoms with Crippen LogP contribution in [0.3, 0.4) is 0 Å². The maximum atomic E-state index is 14.7. The Kier molecular flexibility index (Phi) is 6.56. The van der Waals surface area contributed by atoms with Crippen molar-refractivity contribution in [3.63, 3.8) is 0 Å². The van der Waals surface area contributed by atoms with Gasteiger partial charge in [-0.2, -0.15) is 10.1 Å². The number of ether oxygens (including phenoxy) is 2. The Morgan fingerprint density at radius 2 is 1.90 bits per heavy atom. The number of anilines is 2. The third kappa shape index (κ3) is 4.99. The molecule has 0 unspecified atom stereocenters. The SMILES string of the molecule is COC1CC(Oc2ncc3c(N4C[C@@H](C)N[C@H](C)C4)ccc(C(=O)Nc4cc(F)c5nn(C)cc5c4)c3n2)C1. The quantitative estimate of drug-likeness (QED) is 0.387. The number of nitrogens with zero attached hydrogens (tertiary/aromatic N) is 5. The molecule has 4 aromatic rings. The van der Waals surface area contributed by atoms with Crippen LogP contribution in [-0.2, 0) is 11.8 Å². The van der Waals surface area contributed by atoms with Gasteiger partial charge >= 0.3 is 6.01 Å². The van der Waals surface area contributed by atoms with E-state index in [2.05, 4.69) is 39.5 Å². The molecule has 0 bridgehead atoms. The molecule has 1 amide bonds. The van der Waals surface area contributed by atoms with Crippen LogP contribution in [0.15, 0.2) is 36.7 Å². The summed E-state index contributed by atoms with van der Waals surface area (Å²) in [5.41, 5.74) is 2.39. The number of benzene rings is 2. The van der Waals surface area contributed by atoms with Crippen LogP contribution in [0.2, 0.25) is 0 Å². The van der Waals surface area contributed by atoms with Gasteiger partial charge in [-0.05, 0) is 38.1 Å². The first-order valence-electron chi connectivity index (χ1n) is 13.2. The summed E-state index contributed by atoms with van der Waals surface area (Å²) in [4.78, 5) is 25.1. The van der Waals surface area contributed by atoms with E-state index >= 15 is 0 Å². The van der Waals surface area contributed by atoms with Crippen molar-refractivity contribution in [2.24, 2.45) is 7.05 Å². The summed E-state index contributed by atoms with van der Waals surface area (Å²) >= 11 is 0. The van der Waals surface area contributed by atoms with E-state index in [1.807, 2.05) is 6.07 Å². The predicted molar refractivity (Wildman–Crippen MR) is 147 cm³/mol. The average Bonchev–Trinajstić information content (AvgIpc) is 3.25. The molecule has 2 atom stereocenters. The van der Waals surface area contributed by atoms with Gasteiger partial charge < -0.3 is 25.0 Å². The summed E-state index contributed by atoms with van der Waals surface area (Å²) in [6.45, 7) is 5.93. The van der Waals surface area contributed by atoms with E-state index in [0.29, 0.717) is 34.2 Å². The Morgan fingerprint density at radius 3 is 2.64 bits per heavy atom. The third-order valence-corrected chi connectivity index (χ3v) is 7.44. The van der Waals surface area contributed by atoms with Crippen LogP contribution >= 0.6 is 0 Å². The van der Waals surface area contributed by atoms with Crippen LogP contribution in [0.25, 0.3) is 21.8 Å². The lowest BCUT2D eigenvalue weighted by atomic mass is 9.92. The molecule has 2 fully saturated rings. The zero-order chi connectivity index (χ0) is 27.3. The highest BCUT2D eigenvalue weighted by molar-refractivity contribution is 6.14. The Balaban J connectivity index is 1.36. The topological polar surface area (TPSA) is 106 Å². The molecule has 11 heteroatoms. The number of piperazine rings is 1. The first-order chi connectivity index (χ1) is 18.8. The lowest BCUT2D eigenvalue weighted by Gasteiger charge is -2.38. The highest BCUT2D eigenvalue weighted by Crippen LogP contribution is 2.33. The minimum Gasteiger partial charge on any atom is -0.460 e. The van der Waals surface area contributed by atoms with Crippen LogP contribution in [0.4, 0.5) is 15.8 Å². The van der Waals surface area contributed by atoms with Crippen molar-refractivity contribution in [2.75, 3.05) is 30.4 Å². The number of carbonyl (C=O) groups is 1. The number of nitrogens with one attached hydrogen (secondary N) is 2. The fourth-order valence-corrected chi connectivity index (χ4v) is 5.57. The molecule has 39 heavy (non-hydrogen) atoms. The van der Waals surface area contributed by atoms with Gasteiger partial charge in [0.15, 0.2) is 5.82 Å². The molecule has 1 saturated carbocycles. The molecule has 2 N–H and O–H groups in total. The highest BCUT2D eigenvalue weighted by atomic mass is 19.1. The second-order valence-electron chi connectivity index (χ2n) is 10.6. The minimum absolute atomic E-state index is 0.0306. The maximum absolute atomic E-state index is 14.7. The van der Waals surface area contributed by atoms with Gasteiger partial charge in [0, 0.05) is 86.7 Å². The molecule has 2 aromatic carbocycles. The van der Waals surface area contributed by atoms with E-state index in [-0.39, 0.29) is 23.7 Å². The molecule has 6 rings (SSSR count). The number of amides is 1. The van der Waals surface area contributed by atoms with Crippen LogP contribution in [0, 0.1) is 5.82 Å². The molecule has 2 aromatic heterocycles. The molecule has 0 spiro atoms. The summed E-state index contributed by atoms with van der Waals surface area (Å²) < 4.78 is 27.6. The number of fused-ring (bicyclic) bond motifs is 2. The maximum Gasteiger partial charge on any atom is 0.317 e. The van der Waals surface area contributed by atoms with Crippen LogP contribution in [-0.4, -0.2) is 70.1 Å². The lowest BCUT2D eigenvalue weighted by Crippen LogP contribution is -2.54. The smallest absolute Gasteiger partial charge is 0.317 e. The molecule has 2 aliphatic rings. The van der Waals surface area contributed by atoms with Crippen molar-refractivity contribution in [3.05, 3.63) is 48.0 Å². The zero-order valence-electron chi connectivity index (χ0n) is 22.4. The molecule has 1 aliphatic carbocycles. The summed E-state index contributed by atoms with van der Waals surface area (Å²) in [6, 6.07) is 7.52. The summed E-state index contributed by atoms with van der Waals surface area (Å²) in [5.74, 6) is -0.901. The third-order valence-electron chi connectivity index (χ3n) is 7.44. The van der Waals surface area contributed by atoms with Gasteiger partial charge in [0.05, 0.1) is 17.2 Å². The van der Waals surface area contributed by atoms with Crippen molar-refractivity contribution in [1.29, 1.82) is 0 Å². The second kappa shape index (κ2) is 10.0. The number of aryl methyl sites for hydroxylation is 1. The molecule has 3 heterocycles. The first kappa shape index (κ1) is 25.4.